The van der Waals surface area contributed by atoms with Crippen molar-refractivity contribution in [3.63, 3.8) is 0 Å². The van der Waals surface area contributed by atoms with E-state index < -0.39 is 0 Å². The van der Waals surface area contributed by atoms with Crippen molar-refractivity contribution in [2.45, 2.75) is 58.5 Å². The summed E-state index contributed by atoms with van der Waals surface area (Å²) in [7, 11) is 0. The van der Waals surface area contributed by atoms with Crippen LogP contribution in [0.25, 0.3) is 0 Å². The Morgan fingerprint density at radius 1 is 1.30 bits per heavy atom. The van der Waals surface area contributed by atoms with Gasteiger partial charge in [0.1, 0.15) is 5.01 Å². The van der Waals surface area contributed by atoms with Gasteiger partial charge in [-0.1, -0.05) is 33.6 Å². The van der Waals surface area contributed by atoms with Crippen LogP contribution in [-0.2, 0) is 16.8 Å². The van der Waals surface area contributed by atoms with Crippen molar-refractivity contribution in [2.24, 2.45) is 17.6 Å². The predicted molar refractivity (Wildman–Crippen MR) is 85.0 cm³/mol. The quantitative estimate of drug-likeness (QED) is 0.901. The summed E-state index contributed by atoms with van der Waals surface area (Å²) < 4.78 is 5.91. The molecule has 1 heterocycles. The third-order valence-corrected chi connectivity index (χ3v) is 5.07. The molecular weight excluding hydrogens is 268 g/mol. The Kier molecular flexibility index (Phi) is 5.58. The molecule has 3 nitrogen and oxygen atoms in total. The van der Waals surface area contributed by atoms with E-state index in [2.05, 4.69) is 31.1 Å². The smallest absolute Gasteiger partial charge is 0.119 e. The van der Waals surface area contributed by atoms with Gasteiger partial charge in [0.25, 0.3) is 0 Å². The van der Waals surface area contributed by atoms with E-state index in [1.54, 1.807) is 11.3 Å². The Balaban J connectivity index is 1.79. The molecule has 0 spiro atoms. The van der Waals surface area contributed by atoms with Crippen LogP contribution in [0.5, 0.6) is 0 Å². The lowest BCUT2D eigenvalue weighted by Gasteiger charge is -2.30. The maximum atomic E-state index is 5.91. The molecule has 2 rings (SSSR count). The van der Waals surface area contributed by atoms with E-state index in [9.17, 15) is 0 Å². The molecule has 20 heavy (non-hydrogen) atoms. The van der Waals surface area contributed by atoms with Gasteiger partial charge < -0.3 is 10.5 Å². The first-order valence-electron chi connectivity index (χ1n) is 7.73. The van der Waals surface area contributed by atoms with E-state index in [1.807, 2.05) is 0 Å². The van der Waals surface area contributed by atoms with Gasteiger partial charge in [-0.15, -0.1) is 11.3 Å². The SMILES string of the molecule is CC(C)(C)c1csc(COCC2CCCCC2CN)n1. The number of ether oxygens (including phenoxy) is 1. The van der Waals surface area contributed by atoms with Gasteiger partial charge in [-0.2, -0.15) is 0 Å². The van der Waals surface area contributed by atoms with Crippen LogP contribution in [0.15, 0.2) is 5.38 Å². The zero-order chi connectivity index (χ0) is 14.6. The molecule has 0 saturated heterocycles. The lowest BCUT2D eigenvalue weighted by Crippen LogP contribution is -2.29. The number of hydrogen-bond donors (Lipinski definition) is 1. The fourth-order valence-corrected chi connectivity index (χ4v) is 3.79. The summed E-state index contributed by atoms with van der Waals surface area (Å²) in [5.74, 6) is 1.31. The van der Waals surface area contributed by atoms with E-state index in [4.69, 9.17) is 10.5 Å². The van der Waals surface area contributed by atoms with Crippen molar-refractivity contribution in [3.8, 4) is 0 Å². The Hall–Kier alpha value is -0.450. The minimum Gasteiger partial charge on any atom is -0.374 e. The lowest BCUT2D eigenvalue weighted by atomic mass is 9.80. The maximum Gasteiger partial charge on any atom is 0.119 e. The monoisotopic (exact) mass is 296 g/mol. The summed E-state index contributed by atoms with van der Waals surface area (Å²) in [5.41, 5.74) is 7.15. The minimum absolute atomic E-state index is 0.128. The number of hydrogen-bond acceptors (Lipinski definition) is 4. The Morgan fingerprint density at radius 2 is 2.00 bits per heavy atom. The van der Waals surface area contributed by atoms with E-state index in [1.165, 1.54) is 31.4 Å². The summed E-state index contributed by atoms with van der Waals surface area (Å²) in [6, 6.07) is 0. The molecule has 1 aromatic heterocycles. The first kappa shape index (κ1) is 15.9. The van der Waals surface area contributed by atoms with Crippen molar-refractivity contribution in [1.29, 1.82) is 0 Å². The molecule has 1 aliphatic rings. The Bertz CT molecular complexity index is 411. The fourth-order valence-electron chi connectivity index (χ4n) is 2.83. The summed E-state index contributed by atoms with van der Waals surface area (Å²) in [5, 5.41) is 3.25. The summed E-state index contributed by atoms with van der Waals surface area (Å²) in [6.07, 6.45) is 5.21. The van der Waals surface area contributed by atoms with Crippen LogP contribution in [0.2, 0.25) is 0 Å². The molecule has 4 heteroatoms. The minimum atomic E-state index is 0.128. The van der Waals surface area contributed by atoms with Crippen LogP contribution in [0.1, 0.15) is 57.2 Å². The zero-order valence-corrected chi connectivity index (χ0v) is 13.8. The first-order chi connectivity index (χ1) is 9.50. The number of rotatable bonds is 5. The number of nitrogens with zero attached hydrogens (tertiary/aromatic N) is 1. The van der Waals surface area contributed by atoms with Gasteiger partial charge in [0.2, 0.25) is 0 Å². The van der Waals surface area contributed by atoms with Gasteiger partial charge in [0, 0.05) is 10.8 Å². The third-order valence-electron chi connectivity index (χ3n) is 4.25. The molecule has 0 amide bonds. The van der Waals surface area contributed by atoms with Gasteiger partial charge in [0.15, 0.2) is 0 Å². The van der Waals surface area contributed by atoms with Crippen LogP contribution in [0.4, 0.5) is 0 Å². The van der Waals surface area contributed by atoms with Crippen molar-refractivity contribution in [2.75, 3.05) is 13.2 Å². The highest BCUT2D eigenvalue weighted by atomic mass is 32.1. The largest absolute Gasteiger partial charge is 0.374 e. The molecule has 2 unspecified atom stereocenters. The number of aromatic nitrogens is 1. The second-order valence-electron chi connectivity index (χ2n) is 6.93. The topological polar surface area (TPSA) is 48.1 Å². The molecule has 2 atom stereocenters. The van der Waals surface area contributed by atoms with E-state index in [0.717, 1.165) is 18.2 Å². The van der Waals surface area contributed by atoms with Crippen LogP contribution in [-0.4, -0.2) is 18.1 Å². The summed E-state index contributed by atoms with van der Waals surface area (Å²) >= 11 is 1.71. The summed E-state index contributed by atoms with van der Waals surface area (Å²) in [6.45, 7) is 8.88. The number of thiazole rings is 1. The van der Waals surface area contributed by atoms with Crippen LogP contribution >= 0.6 is 11.3 Å². The molecule has 1 aromatic rings. The highest BCUT2D eigenvalue weighted by molar-refractivity contribution is 7.09. The second kappa shape index (κ2) is 7.01. The molecule has 2 N–H and O–H groups in total. The lowest BCUT2D eigenvalue weighted by molar-refractivity contribution is 0.0510. The summed E-state index contributed by atoms with van der Waals surface area (Å²) in [4.78, 5) is 4.67. The average molecular weight is 296 g/mol. The van der Waals surface area contributed by atoms with Gasteiger partial charge in [-0.25, -0.2) is 4.98 Å². The van der Waals surface area contributed by atoms with Gasteiger partial charge >= 0.3 is 0 Å². The Labute approximate surface area is 126 Å². The molecule has 1 saturated carbocycles. The second-order valence-corrected chi connectivity index (χ2v) is 7.87. The van der Waals surface area contributed by atoms with Crippen molar-refractivity contribution in [3.05, 3.63) is 16.1 Å². The highest BCUT2D eigenvalue weighted by Gasteiger charge is 2.24. The highest BCUT2D eigenvalue weighted by Crippen LogP contribution is 2.30. The number of nitrogens with two attached hydrogens (primary N) is 1. The van der Waals surface area contributed by atoms with Crippen molar-refractivity contribution in [1.82, 2.24) is 4.98 Å². The Morgan fingerprint density at radius 3 is 2.60 bits per heavy atom. The third kappa shape index (κ3) is 4.27. The molecule has 0 aliphatic heterocycles. The standard InChI is InChI=1S/C16H28N2OS/c1-16(2,3)14-11-20-15(18-14)10-19-9-13-7-5-4-6-12(13)8-17/h11-13H,4-10,17H2,1-3H3. The van der Waals surface area contributed by atoms with E-state index >= 15 is 0 Å². The first-order valence-corrected chi connectivity index (χ1v) is 8.61. The molecule has 1 fully saturated rings. The maximum absolute atomic E-state index is 5.91. The van der Waals surface area contributed by atoms with Gasteiger partial charge in [-0.05, 0) is 31.2 Å². The van der Waals surface area contributed by atoms with Crippen LogP contribution < -0.4 is 5.73 Å². The fraction of sp³-hybridized carbons (Fsp3) is 0.812. The average Bonchev–Trinajstić information content (AvgIpc) is 2.88. The van der Waals surface area contributed by atoms with E-state index in [0.29, 0.717) is 18.4 Å². The van der Waals surface area contributed by atoms with Crippen LogP contribution in [0, 0.1) is 11.8 Å². The van der Waals surface area contributed by atoms with Crippen molar-refractivity contribution >= 4 is 11.3 Å². The molecular formula is C16H28N2OS. The molecule has 0 radical (unpaired) electrons. The van der Waals surface area contributed by atoms with Crippen molar-refractivity contribution < 1.29 is 4.74 Å². The van der Waals surface area contributed by atoms with E-state index in [-0.39, 0.29) is 5.41 Å². The zero-order valence-electron chi connectivity index (χ0n) is 13.0. The predicted octanol–water partition coefficient (Wildman–Crippen LogP) is 3.72. The van der Waals surface area contributed by atoms with Gasteiger partial charge in [-0.3, -0.25) is 0 Å². The normalized spacial score (nSPS) is 24.0. The van der Waals surface area contributed by atoms with Gasteiger partial charge in [0.05, 0.1) is 18.9 Å². The molecule has 0 bridgehead atoms. The molecule has 114 valence electrons. The molecule has 0 aromatic carbocycles. The van der Waals surface area contributed by atoms with Crippen LogP contribution in [0.3, 0.4) is 0 Å². The molecule has 1 aliphatic carbocycles.